The highest BCUT2D eigenvalue weighted by Crippen LogP contribution is 2.24. The molecule has 7 heteroatoms. The molecule has 2 rings (SSSR count). The van der Waals surface area contributed by atoms with Gasteiger partial charge in [-0.25, -0.2) is 0 Å². The van der Waals surface area contributed by atoms with Crippen molar-refractivity contribution in [2.24, 2.45) is 5.92 Å². The lowest BCUT2D eigenvalue weighted by Crippen LogP contribution is -2.46. The third kappa shape index (κ3) is 3.38. The van der Waals surface area contributed by atoms with E-state index in [9.17, 15) is 17.1 Å². The number of hydrogen-bond acceptors (Lipinski definition) is 4. The Balaban J connectivity index is 1.95. The number of nitrogens with zero attached hydrogens (tertiary/aromatic N) is 1. The molecule has 0 radical (unpaired) electrons. The van der Waals surface area contributed by atoms with Crippen molar-refractivity contribution in [1.29, 1.82) is 0 Å². The Bertz CT molecular complexity index is 392. The van der Waals surface area contributed by atoms with Gasteiger partial charge < -0.3 is 10.2 Å². The number of halogens is 1. The quantitative estimate of drug-likeness (QED) is 0.722. The number of likely N-dealkylation sites (tertiary alicyclic amines) is 1. The highest BCUT2D eigenvalue weighted by Gasteiger charge is 2.36. The highest BCUT2D eigenvalue weighted by atomic mass is 32.3. The number of hydrogen-bond donors (Lipinski definition) is 1. The van der Waals surface area contributed by atoms with Crippen LogP contribution in [0.25, 0.3) is 0 Å². The van der Waals surface area contributed by atoms with Gasteiger partial charge in [0.25, 0.3) is 0 Å². The van der Waals surface area contributed by atoms with E-state index in [2.05, 4.69) is 5.32 Å². The van der Waals surface area contributed by atoms with Crippen molar-refractivity contribution in [3.8, 4) is 0 Å². The molecule has 0 aliphatic carbocycles. The lowest BCUT2D eigenvalue weighted by molar-refractivity contribution is -0.130. The summed E-state index contributed by atoms with van der Waals surface area (Å²) in [5, 5.41) is 3.21. The minimum atomic E-state index is -4.48. The Morgan fingerprint density at radius 3 is 2.82 bits per heavy atom. The first-order valence-corrected chi connectivity index (χ1v) is 7.43. The summed E-state index contributed by atoms with van der Waals surface area (Å²) in [5.74, 6) is -0.971. The zero-order valence-electron chi connectivity index (χ0n) is 9.56. The fraction of sp³-hybridized carbons (Fsp3) is 0.900. The Morgan fingerprint density at radius 2 is 2.24 bits per heavy atom. The second kappa shape index (κ2) is 4.89. The van der Waals surface area contributed by atoms with E-state index in [4.69, 9.17) is 0 Å². The Kier molecular flexibility index (Phi) is 3.67. The fourth-order valence-corrected chi connectivity index (χ4v) is 3.44. The van der Waals surface area contributed by atoms with Gasteiger partial charge >= 0.3 is 10.2 Å². The summed E-state index contributed by atoms with van der Waals surface area (Å²) in [7, 11) is -4.48. The molecule has 1 amide bonds. The zero-order valence-corrected chi connectivity index (χ0v) is 10.4. The first kappa shape index (κ1) is 12.8. The van der Waals surface area contributed by atoms with E-state index in [-0.39, 0.29) is 24.3 Å². The van der Waals surface area contributed by atoms with Crippen LogP contribution in [0.5, 0.6) is 0 Å². The summed E-state index contributed by atoms with van der Waals surface area (Å²) >= 11 is 0. The number of amides is 1. The summed E-state index contributed by atoms with van der Waals surface area (Å²) in [5.41, 5.74) is 0. The van der Waals surface area contributed by atoms with Crippen LogP contribution in [0.3, 0.4) is 0 Å². The van der Waals surface area contributed by atoms with Crippen LogP contribution in [0.15, 0.2) is 0 Å². The Hall–Kier alpha value is -0.690. The molecule has 2 aliphatic heterocycles. The summed E-state index contributed by atoms with van der Waals surface area (Å²) < 4.78 is 33.7. The van der Waals surface area contributed by atoms with Crippen LogP contribution in [-0.4, -0.2) is 50.7 Å². The summed E-state index contributed by atoms with van der Waals surface area (Å²) in [6.07, 6.45) is 2.11. The summed E-state index contributed by atoms with van der Waals surface area (Å²) in [6, 6.07) is 0.142. The van der Waals surface area contributed by atoms with E-state index in [1.54, 1.807) is 4.90 Å². The Morgan fingerprint density at radius 1 is 1.47 bits per heavy atom. The van der Waals surface area contributed by atoms with Crippen molar-refractivity contribution >= 4 is 16.1 Å². The molecule has 2 unspecified atom stereocenters. The minimum absolute atomic E-state index is 0.0487. The van der Waals surface area contributed by atoms with E-state index in [1.165, 1.54) is 0 Å². The molecule has 0 aromatic heterocycles. The highest BCUT2D eigenvalue weighted by molar-refractivity contribution is 7.86. The third-order valence-corrected chi connectivity index (χ3v) is 4.25. The van der Waals surface area contributed by atoms with Crippen molar-refractivity contribution in [3.05, 3.63) is 0 Å². The second-order valence-corrected chi connectivity index (χ2v) is 6.23. The first-order valence-electron chi connectivity index (χ1n) is 5.88. The lowest BCUT2D eigenvalue weighted by Gasteiger charge is -2.31. The van der Waals surface area contributed by atoms with Gasteiger partial charge in [0, 0.05) is 31.5 Å². The standard InChI is InChI=1S/C10H17FN2O3S/c11-17(15,16)7-8-4-10(14)13(6-8)9-2-1-3-12-5-9/h8-9,12H,1-7H2. The monoisotopic (exact) mass is 264 g/mol. The molecule has 0 bridgehead atoms. The number of carbonyl (C=O) groups is 1. The summed E-state index contributed by atoms with van der Waals surface area (Å²) in [4.78, 5) is 13.5. The maximum absolute atomic E-state index is 12.6. The van der Waals surface area contributed by atoms with Gasteiger partial charge in [-0.15, -0.1) is 3.89 Å². The van der Waals surface area contributed by atoms with Crippen molar-refractivity contribution in [1.82, 2.24) is 10.2 Å². The van der Waals surface area contributed by atoms with Crippen LogP contribution in [0.2, 0.25) is 0 Å². The van der Waals surface area contributed by atoms with E-state index < -0.39 is 16.0 Å². The molecule has 2 fully saturated rings. The van der Waals surface area contributed by atoms with Crippen molar-refractivity contribution in [3.63, 3.8) is 0 Å². The zero-order chi connectivity index (χ0) is 12.5. The van der Waals surface area contributed by atoms with Gasteiger partial charge in [0.15, 0.2) is 0 Å². The average Bonchev–Trinajstić information content (AvgIpc) is 2.58. The number of piperidine rings is 1. The molecule has 2 aliphatic rings. The van der Waals surface area contributed by atoms with Gasteiger partial charge in [0.2, 0.25) is 5.91 Å². The molecule has 98 valence electrons. The number of rotatable bonds is 3. The molecular formula is C10H17FN2O3S. The predicted molar refractivity (Wildman–Crippen MR) is 60.6 cm³/mol. The first-order chi connectivity index (χ1) is 7.96. The van der Waals surface area contributed by atoms with Crippen LogP contribution in [0.1, 0.15) is 19.3 Å². The Labute approximate surface area is 101 Å². The van der Waals surface area contributed by atoms with Crippen molar-refractivity contribution in [2.45, 2.75) is 25.3 Å². The number of nitrogens with one attached hydrogen (secondary N) is 1. The van der Waals surface area contributed by atoms with E-state index >= 15 is 0 Å². The molecule has 0 spiro atoms. The van der Waals surface area contributed by atoms with E-state index in [1.807, 2.05) is 0 Å². The predicted octanol–water partition coefficient (Wildman–Crippen LogP) is -0.114. The van der Waals surface area contributed by atoms with Gasteiger partial charge in [-0.2, -0.15) is 8.42 Å². The largest absolute Gasteiger partial charge is 0.338 e. The molecule has 17 heavy (non-hydrogen) atoms. The van der Waals surface area contributed by atoms with Crippen LogP contribution in [0, 0.1) is 5.92 Å². The second-order valence-electron chi connectivity index (χ2n) is 4.82. The van der Waals surface area contributed by atoms with Crippen LogP contribution in [-0.2, 0) is 15.0 Å². The van der Waals surface area contributed by atoms with E-state index in [0.29, 0.717) is 6.54 Å². The normalized spacial score (nSPS) is 30.9. The van der Waals surface area contributed by atoms with Crippen LogP contribution in [0.4, 0.5) is 3.89 Å². The van der Waals surface area contributed by atoms with Gasteiger partial charge in [-0.3, -0.25) is 4.79 Å². The van der Waals surface area contributed by atoms with Crippen molar-refractivity contribution < 1.29 is 17.1 Å². The minimum Gasteiger partial charge on any atom is -0.338 e. The number of carbonyl (C=O) groups excluding carboxylic acids is 1. The van der Waals surface area contributed by atoms with Crippen LogP contribution < -0.4 is 5.32 Å². The molecule has 1 N–H and O–H groups in total. The lowest BCUT2D eigenvalue weighted by atomic mass is 10.1. The van der Waals surface area contributed by atoms with Crippen LogP contribution >= 0.6 is 0 Å². The van der Waals surface area contributed by atoms with Gasteiger partial charge in [0.1, 0.15) is 0 Å². The molecule has 5 nitrogen and oxygen atoms in total. The SMILES string of the molecule is O=C1CC(CS(=O)(=O)F)CN1C1CCCNC1. The van der Waals surface area contributed by atoms with Gasteiger partial charge in [0.05, 0.1) is 5.75 Å². The molecule has 2 heterocycles. The molecule has 0 aromatic carbocycles. The van der Waals surface area contributed by atoms with Crippen molar-refractivity contribution in [2.75, 3.05) is 25.4 Å². The fourth-order valence-electron chi connectivity index (χ4n) is 2.65. The maximum Gasteiger partial charge on any atom is 0.302 e. The third-order valence-electron chi connectivity index (χ3n) is 3.38. The molecule has 0 aromatic rings. The van der Waals surface area contributed by atoms with E-state index in [0.717, 1.165) is 25.9 Å². The average molecular weight is 264 g/mol. The smallest absolute Gasteiger partial charge is 0.302 e. The maximum atomic E-state index is 12.6. The topological polar surface area (TPSA) is 66.5 Å². The molecule has 2 atom stereocenters. The molecule has 0 saturated carbocycles. The molecule has 2 saturated heterocycles. The van der Waals surface area contributed by atoms with Gasteiger partial charge in [-0.1, -0.05) is 0 Å². The van der Waals surface area contributed by atoms with Gasteiger partial charge in [-0.05, 0) is 19.4 Å². The summed E-state index contributed by atoms with van der Waals surface area (Å²) in [6.45, 7) is 2.08. The molecular weight excluding hydrogens is 247 g/mol.